The second-order valence-electron chi connectivity index (χ2n) is 7.86. The van der Waals surface area contributed by atoms with Crippen molar-refractivity contribution in [2.45, 2.75) is 146 Å². The number of aromatic amines is 2. The zero-order chi connectivity index (χ0) is 44.8. The van der Waals surface area contributed by atoms with Crippen LogP contribution in [-0.2, 0) is 7.05 Å². The fourth-order valence-electron chi connectivity index (χ4n) is 2.00. The average Bonchev–Trinajstić information content (AvgIpc) is 4.11. The quantitative estimate of drug-likeness (QED) is 0.146. The molecule has 0 atom stereocenters. The van der Waals surface area contributed by atoms with Gasteiger partial charge in [0.2, 0.25) is 0 Å². The summed E-state index contributed by atoms with van der Waals surface area (Å²) in [6.45, 7) is 40.0. The van der Waals surface area contributed by atoms with Gasteiger partial charge in [0.1, 0.15) is 18.3 Å². The molecule has 7 heterocycles. The third-order valence-corrected chi connectivity index (χ3v) is 3.98. The molecule has 0 saturated carbocycles. The number of H-pyrrole nitrogens is 2. The van der Waals surface area contributed by atoms with E-state index in [0.29, 0.717) is 0 Å². The van der Waals surface area contributed by atoms with Crippen LogP contribution in [0, 0.1) is 34.6 Å². The number of allylic oxidation sites excluding steroid dienone is 1. The molecule has 1 aliphatic rings. The Bertz CT molecular complexity index is 1150. The minimum absolute atomic E-state index is 0. The van der Waals surface area contributed by atoms with E-state index in [-0.39, 0.29) is 7.43 Å². The van der Waals surface area contributed by atoms with Crippen LogP contribution in [0.15, 0.2) is 97.7 Å². The molecule has 0 aliphatic carbocycles. The molecule has 17 nitrogen and oxygen atoms in total. The predicted octanol–water partition coefficient (Wildman–Crippen LogP) is 12.2. The minimum Gasteiger partial charge on any atom is -0.452 e. The van der Waals surface area contributed by atoms with Gasteiger partial charge >= 0.3 is 0 Å². The fraction of sp³-hybridized carbons (Fsp3) is 0.575. The van der Waals surface area contributed by atoms with Crippen LogP contribution in [0.25, 0.3) is 0 Å². The summed E-state index contributed by atoms with van der Waals surface area (Å²) in [7, 11) is 1.83. The Morgan fingerprint density at radius 2 is 1.16 bits per heavy atom. The standard InChI is InChI=1S/C4H6N2.3C4H5NO.3C3H5N3.7C2H6.CH4/c1-4-2-3-5-6-4;1-4-2-6-3-5-4;1-4-2-5-3-6-4;1-4-5-2-3-6-4;1-6-3-2-4-5-6;2*1-3-2-4-6-5-3;7*1-2;/h2H,3H2,1H3;4*2-3H,1H3;2*2H,1H3,(H,4,5,6);7*1-2H3;1H4. The van der Waals surface area contributed by atoms with Crippen LogP contribution in [0.5, 0.6) is 0 Å². The van der Waals surface area contributed by atoms with Gasteiger partial charge in [0.25, 0.3) is 0 Å². The van der Waals surface area contributed by atoms with Crippen LogP contribution in [-0.4, -0.2) is 67.3 Å². The van der Waals surface area contributed by atoms with E-state index in [1.54, 1.807) is 61.3 Å². The molecule has 0 spiro atoms. The second-order valence-corrected chi connectivity index (χ2v) is 7.86. The number of hydrogen-bond acceptors (Lipinski definition) is 14. The van der Waals surface area contributed by atoms with E-state index in [2.05, 4.69) is 70.7 Å². The molecule has 0 amide bonds. The van der Waals surface area contributed by atoms with E-state index in [1.165, 1.54) is 12.8 Å². The molecular formula is C40H82N14O3. The van der Waals surface area contributed by atoms with Crippen molar-refractivity contribution in [3.05, 3.63) is 103 Å². The molecule has 0 bridgehead atoms. The van der Waals surface area contributed by atoms with Crippen LogP contribution in [0.1, 0.15) is 140 Å². The Labute approximate surface area is 346 Å². The number of azo groups is 1. The molecule has 6 aromatic heterocycles. The highest BCUT2D eigenvalue weighted by molar-refractivity contribution is 4.99. The lowest BCUT2D eigenvalue weighted by Crippen LogP contribution is -1.85. The van der Waals surface area contributed by atoms with E-state index in [0.717, 1.165) is 41.0 Å². The molecule has 17 heteroatoms. The number of aryl methyl sites for hydroxylation is 6. The lowest BCUT2D eigenvalue weighted by atomic mass is 10.5. The molecule has 6 aromatic rings. The topological polar surface area (TPSA) is 217 Å². The zero-order valence-electron chi connectivity index (χ0n) is 38.6. The van der Waals surface area contributed by atoms with E-state index in [4.69, 9.17) is 8.83 Å². The minimum atomic E-state index is 0. The van der Waals surface area contributed by atoms with Crippen molar-refractivity contribution < 1.29 is 13.3 Å². The maximum Gasteiger partial charge on any atom is 0.190 e. The lowest BCUT2D eigenvalue weighted by molar-refractivity contribution is 0.521. The Morgan fingerprint density at radius 3 is 1.26 bits per heavy atom. The van der Waals surface area contributed by atoms with Gasteiger partial charge in [-0.15, -0.1) is 5.10 Å². The molecule has 57 heavy (non-hydrogen) atoms. The zero-order valence-corrected chi connectivity index (χ0v) is 38.6. The van der Waals surface area contributed by atoms with Gasteiger partial charge in [-0.2, -0.15) is 41.0 Å². The molecule has 7 rings (SSSR count). The van der Waals surface area contributed by atoms with Gasteiger partial charge in [-0.05, 0) is 40.7 Å². The van der Waals surface area contributed by atoms with Gasteiger partial charge in [0.05, 0.1) is 60.3 Å². The first-order valence-electron chi connectivity index (χ1n) is 19.3. The van der Waals surface area contributed by atoms with Crippen molar-refractivity contribution >= 4 is 0 Å². The molecular weight excluding hydrogens is 725 g/mol. The van der Waals surface area contributed by atoms with E-state index < -0.39 is 0 Å². The number of nitrogens with one attached hydrogen (secondary N) is 2. The predicted molar refractivity (Wildman–Crippen MR) is 237 cm³/mol. The van der Waals surface area contributed by atoms with Crippen molar-refractivity contribution in [2.24, 2.45) is 17.3 Å². The van der Waals surface area contributed by atoms with Gasteiger partial charge in [0, 0.05) is 20.2 Å². The molecule has 330 valence electrons. The average molecular weight is 807 g/mol. The van der Waals surface area contributed by atoms with Crippen LogP contribution in [0.2, 0.25) is 0 Å². The fourth-order valence-corrected chi connectivity index (χ4v) is 2.00. The Hall–Kier alpha value is -5.61. The maximum absolute atomic E-state index is 4.72. The highest BCUT2D eigenvalue weighted by atomic mass is 16.3. The third kappa shape index (κ3) is 62.7. The summed E-state index contributed by atoms with van der Waals surface area (Å²) in [4.78, 5) is 11.2. The summed E-state index contributed by atoms with van der Waals surface area (Å²) in [6.07, 6.45) is 18.0. The lowest BCUT2D eigenvalue weighted by Gasteiger charge is -1.74. The largest absolute Gasteiger partial charge is 0.452 e. The Balaban J connectivity index is -0.0000000776. The van der Waals surface area contributed by atoms with E-state index >= 15 is 0 Å². The van der Waals surface area contributed by atoms with Gasteiger partial charge in [-0.25, -0.2) is 15.0 Å². The van der Waals surface area contributed by atoms with Crippen molar-refractivity contribution in [1.82, 2.24) is 60.8 Å². The van der Waals surface area contributed by atoms with Gasteiger partial charge in [-0.1, -0.05) is 110 Å². The molecule has 2 N–H and O–H groups in total. The van der Waals surface area contributed by atoms with Crippen LogP contribution in [0.3, 0.4) is 0 Å². The monoisotopic (exact) mass is 807 g/mol. The highest BCUT2D eigenvalue weighted by Gasteiger charge is 1.87. The van der Waals surface area contributed by atoms with E-state index in [1.807, 2.05) is 145 Å². The van der Waals surface area contributed by atoms with Crippen molar-refractivity contribution in [3.8, 4) is 0 Å². The molecule has 1 aliphatic heterocycles. The van der Waals surface area contributed by atoms with Crippen LogP contribution in [0.4, 0.5) is 0 Å². The summed E-state index contributed by atoms with van der Waals surface area (Å²) in [5.74, 6) is 1.57. The Kier molecular flexibility index (Phi) is 79.4. The number of hydrogen-bond donors (Lipinski definition) is 2. The first-order valence-corrected chi connectivity index (χ1v) is 19.3. The number of aromatic nitrogens is 12. The smallest absolute Gasteiger partial charge is 0.190 e. The first kappa shape index (κ1) is 69.3. The SMILES string of the molecule is C.CC.CC.CC.CC.CC.CC.CC.CC1=CCN=N1.Cc1cn[nH]n1.Cc1cn[nH]n1.Cc1cnco1.Cc1cocn1.Cc1ncco1.Cn1ccnn1. The molecule has 0 radical (unpaired) electrons. The van der Waals surface area contributed by atoms with Crippen LogP contribution >= 0.6 is 0 Å². The third-order valence-electron chi connectivity index (χ3n) is 3.98. The van der Waals surface area contributed by atoms with Crippen molar-refractivity contribution in [3.63, 3.8) is 0 Å². The number of oxazole rings is 3. The maximum atomic E-state index is 4.72. The van der Waals surface area contributed by atoms with Crippen molar-refractivity contribution in [2.75, 3.05) is 6.54 Å². The first-order chi connectivity index (χ1) is 27.3. The van der Waals surface area contributed by atoms with Gasteiger partial charge in [-0.3, -0.25) is 4.68 Å². The van der Waals surface area contributed by atoms with Crippen LogP contribution < -0.4 is 0 Å². The highest BCUT2D eigenvalue weighted by Crippen LogP contribution is 2.01. The number of rotatable bonds is 0. The normalized spacial score (nSPS) is 8.26. The summed E-state index contributed by atoms with van der Waals surface area (Å²) >= 11 is 0. The summed E-state index contributed by atoms with van der Waals surface area (Å²) in [6, 6.07) is 0. The molecule has 0 aromatic carbocycles. The molecule has 0 unspecified atom stereocenters. The second kappa shape index (κ2) is 65.3. The van der Waals surface area contributed by atoms with Gasteiger partial charge < -0.3 is 13.3 Å². The van der Waals surface area contributed by atoms with Crippen molar-refractivity contribution in [1.29, 1.82) is 0 Å². The summed E-state index contributed by atoms with van der Waals surface area (Å²) in [5, 5.41) is 33.9. The molecule has 0 saturated heterocycles. The van der Waals surface area contributed by atoms with E-state index in [9.17, 15) is 0 Å². The summed E-state index contributed by atoms with van der Waals surface area (Å²) < 4.78 is 15.7. The summed E-state index contributed by atoms with van der Waals surface area (Å²) in [5.41, 5.74) is 3.81. The molecule has 0 fully saturated rings. The Morgan fingerprint density at radius 1 is 0.632 bits per heavy atom. The number of nitrogens with zero attached hydrogens (tertiary/aromatic N) is 12. The van der Waals surface area contributed by atoms with Gasteiger partial charge in [0.15, 0.2) is 18.7 Å².